The molecule has 0 saturated carbocycles. The van der Waals surface area contributed by atoms with E-state index in [9.17, 15) is 9.59 Å². The Bertz CT molecular complexity index is 534. The monoisotopic (exact) mass is 304 g/mol. The zero-order chi connectivity index (χ0) is 15.5. The van der Waals surface area contributed by atoms with Crippen LogP contribution >= 0.6 is 0 Å². The van der Waals surface area contributed by atoms with Gasteiger partial charge in [0.05, 0.1) is 30.4 Å². The van der Waals surface area contributed by atoms with Crippen molar-refractivity contribution in [1.29, 1.82) is 0 Å². The number of hydrogen-bond acceptors (Lipinski definition) is 5. The quantitative estimate of drug-likeness (QED) is 0.630. The molecule has 22 heavy (non-hydrogen) atoms. The summed E-state index contributed by atoms with van der Waals surface area (Å²) in [7, 11) is 0. The average Bonchev–Trinajstić information content (AvgIpc) is 3.14. The van der Waals surface area contributed by atoms with E-state index < -0.39 is 12.3 Å². The van der Waals surface area contributed by atoms with Gasteiger partial charge < -0.3 is 15.2 Å². The van der Waals surface area contributed by atoms with E-state index in [1.165, 1.54) is 4.90 Å². The van der Waals surface area contributed by atoms with Gasteiger partial charge in [0.25, 0.3) is 11.8 Å². The van der Waals surface area contributed by atoms with Crippen LogP contribution in [0, 0.1) is 0 Å². The second kappa shape index (κ2) is 6.56. The number of carbonyl (C=O) groups excluding carboxylic acids is 2. The molecule has 2 aliphatic heterocycles. The molecular formula is C16H20N2O4. The van der Waals surface area contributed by atoms with Gasteiger partial charge in [0.2, 0.25) is 0 Å². The van der Waals surface area contributed by atoms with Crippen molar-refractivity contribution in [2.75, 3.05) is 19.8 Å². The van der Waals surface area contributed by atoms with E-state index in [0.717, 1.165) is 12.8 Å². The summed E-state index contributed by atoms with van der Waals surface area (Å²) in [4.78, 5) is 26.5. The number of ether oxygens (including phenoxy) is 2. The number of amides is 2. The predicted octanol–water partition coefficient (Wildman–Crippen LogP) is 1.15. The largest absolute Gasteiger partial charge is 0.348 e. The van der Waals surface area contributed by atoms with Crippen LogP contribution in [-0.4, -0.2) is 48.8 Å². The number of unbranched alkanes of at least 4 members (excludes halogenated alkanes) is 1. The van der Waals surface area contributed by atoms with Crippen molar-refractivity contribution in [3.63, 3.8) is 0 Å². The van der Waals surface area contributed by atoms with E-state index in [-0.39, 0.29) is 11.8 Å². The molecule has 0 radical (unpaired) electrons. The highest BCUT2D eigenvalue weighted by atomic mass is 16.7. The van der Waals surface area contributed by atoms with Crippen LogP contribution in [0.2, 0.25) is 0 Å². The van der Waals surface area contributed by atoms with Gasteiger partial charge in [-0.25, -0.2) is 0 Å². The Morgan fingerprint density at radius 3 is 2.23 bits per heavy atom. The minimum absolute atomic E-state index is 0.266. The zero-order valence-corrected chi connectivity index (χ0v) is 12.4. The van der Waals surface area contributed by atoms with Gasteiger partial charge in [-0.3, -0.25) is 14.5 Å². The maximum Gasteiger partial charge on any atom is 0.261 e. The Labute approximate surface area is 129 Å². The molecule has 2 heterocycles. The van der Waals surface area contributed by atoms with Gasteiger partial charge in [-0.05, 0) is 37.9 Å². The molecule has 1 fully saturated rings. The maximum atomic E-state index is 12.6. The minimum atomic E-state index is -0.542. The standard InChI is InChI=1S/C16H20N2O4/c17-8-4-3-7-13(16-21-9-10-22-16)18-14(19)11-5-1-2-6-12(11)15(18)20/h1-2,5-6,13,16H,3-4,7-10,17H2. The summed E-state index contributed by atoms with van der Waals surface area (Å²) in [5.74, 6) is -0.533. The third kappa shape index (κ3) is 2.65. The van der Waals surface area contributed by atoms with Crippen molar-refractivity contribution in [3.05, 3.63) is 35.4 Å². The molecule has 3 rings (SSSR count). The highest BCUT2D eigenvalue weighted by Crippen LogP contribution is 2.29. The molecule has 118 valence electrons. The third-order valence-electron chi connectivity index (χ3n) is 4.07. The Balaban J connectivity index is 1.84. The summed E-state index contributed by atoms with van der Waals surface area (Å²) in [6.45, 7) is 1.56. The van der Waals surface area contributed by atoms with E-state index in [2.05, 4.69) is 0 Å². The zero-order valence-electron chi connectivity index (χ0n) is 12.4. The van der Waals surface area contributed by atoms with Crippen LogP contribution in [-0.2, 0) is 9.47 Å². The molecule has 2 N–H and O–H groups in total. The Kier molecular flexibility index (Phi) is 4.52. The van der Waals surface area contributed by atoms with E-state index in [1.807, 2.05) is 0 Å². The van der Waals surface area contributed by atoms with Crippen LogP contribution in [0.25, 0.3) is 0 Å². The number of nitrogens with zero attached hydrogens (tertiary/aromatic N) is 1. The van der Waals surface area contributed by atoms with E-state index in [1.54, 1.807) is 24.3 Å². The summed E-state index contributed by atoms with van der Waals surface area (Å²) in [5.41, 5.74) is 6.44. The average molecular weight is 304 g/mol. The van der Waals surface area contributed by atoms with Crippen molar-refractivity contribution >= 4 is 11.8 Å². The molecule has 0 bridgehead atoms. The number of imide groups is 1. The predicted molar refractivity (Wildman–Crippen MR) is 79.3 cm³/mol. The SMILES string of the molecule is NCCCCC(C1OCCO1)N1C(=O)c2ccccc2C1=O. The lowest BCUT2D eigenvalue weighted by molar-refractivity contribution is -0.0880. The van der Waals surface area contributed by atoms with Gasteiger partial charge in [-0.1, -0.05) is 12.1 Å². The fourth-order valence-corrected chi connectivity index (χ4v) is 2.99. The van der Waals surface area contributed by atoms with Crippen molar-refractivity contribution in [2.24, 2.45) is 5.73 Å². The molecule has 1 aromatic rings. The Hall–Kier alpha value is -1.76. The smallest absolute Gasteiger partial charge is 0.261 e. The highest BCUT2D eigenvalue weighted by Gasteiger charge is 2.44. The molecule has 0 spiro atoms. The van der Waals surface area contributed by atoms with Gasteiger partial charge >= 0.3 is 0 Å². The van der Waals surface area contributed by atoms with Crippen LogP contribution in [0.5, 0.6) is 0 Å². The molecule has 1 aromatic carbocycles. The molecular weight excluding hydrogens is 284 g/mol. The van der Waals surface area contributed by atoms with Crippen molar-refractivity contribution in [1.82, 2.24) is 4.90 Å². The fourth-order valence-electron chi connectivity index (χ4n) is 2.99. The summed E-state index contributed by atoms with van der Waals surface area (Å²) in [6.07, 6.45) is 1.75. The number of benzene rings is 1. The first-order valence-corrected chi connectivity index (χ1v) is 7.64. The van der Waals surface area contributed by atoms with Crippen molar-refractivity contribution in [2.45, 2.75) is 31.6 Å². The first-order chi connectivity index (χ1) is 10.7. The van der Waals surface area contributed by atoms with E-state index in [4.69, 9.17) is 15.2 Å². The summed E-state index contributed by atoms with van der Waals surface area (Å²) >= 11 is 0. The Morgan fingerprint density at radius 2 is 1.68 bits per heavy atom. The van der Waals surface area contributed by atoms with Crippen LogP contribution < -0.4 is 5.73 Å². The lowest BCUT2D eigenvalue weighted by Gasteiger charge is -2.29. The van der Waals surface area contributed by atoms with Crippen LogP contribution in [0.15, 0.2) is 24.3 Å². The second-order valence-electron chi connectivity index (χ2n) is 5.49. The molecule has 6 heteroatoms. The van der Waals surface area contributed by atoms with Crippen molar-refractivity contribution in [3.8, 4) is 0 Å². The first-order valence-electron chi connectivity index (χ1n) is 7.64. The van der Waals surface area contributed by atoms with Crippen LogP contribution in [0.1, 0.15) is 40.0 Å². The lowest BCUT2D eigenvalue weighted by atomic mass is 10.1. The number of nitrogens with two attached hydrogens (primary N) is 1. The molecule has 1 atom stereocenters. The molecule has 0 aromatic heterocycles. The minimum Gasteiger partial charge on any atom is -0.348 e. The van der Waals surface area contributed by atoms with Gasteiger partial charge in [-0.2, -0.15) is 0 Å². The topological polar surface area (TPSA) is 81.9 Å². The van der Waals surface area contributed by atoms with Crippen molar-refractivity contribution < 1.29 is 19.1 Å². The first kappa shape index (κ1) is 15.1. The molecule has 2 aliphatic rings. The van der Waals surface area contributed by atoms with Gasteiger partial charge in [0.1, 0.15) is 0 Å². The number of carbonyl (C=O) groups is 2. The maximum absolute atomic E-state index is 12.6. The molecule has 1 saturated heterocycles. The number of rotatable bonds is 6. The fraction of sp³-hybridized carbons (Fsp3) is 0.500. The number of hydrogen-bond donors (Lipinski definition) is 1. The third-order valence-corrected chi connectivity index (χ3v) is 4.07. The number of fused-ring (bicyclic) bond motifs is 1. The molecule has 0 aliphatic carbocycles. The summed E-state index contributed by atoms with van der Waals surface area (Å²) in [5, 5.41) is 0. The molecule has 1 unspecified atom stereocenters. The Morgan fingerprint density at radius 1 is 1.09 bits per heavy atom. The molecule has 6 nitrogen and oxygen atoms in total. The van der Waals surface area contributed by atoms with Gasteiger partial charge in [0, 0.05) is 0 Å². The van der Waals surface area contributed by atoms with Crippen LogP contribution in [0.3, 0.4) is 0 Å². The van der Waals surface area contributed by atoms with Gasteiger partial charge in [-0.15, -0.1) is 0 Å². The highest BCUT2D eigenvalue weighted by molar-refractivity contribution is 6.21. The van der Waals surface area contributed by atoms with E-state index >= 15 is 0 Å². The van der Waals surface area contributed by atoms with E-state index in [0.29, 0.717) is 37.3 Å². The second-order valence-corrected chi connectivity index (χ2v) is 5.49. The van der Waals surface area contributed by atoms with Gasteiger partial charge in [0.15, 0.2) is 6.29 Å². The summed E-state index contributed by atoms with van der Waals surface area (Å²) in [6, 6.07) is 6.49. The van der Waals surface area contributed by atoms with Crippen LogP contribution in [0.4, 0.5) is 0 Å². The lowest BCUT2D eigenvalue weighted by Crippen LogP contribution is -2.47. The normalized spacial score (nSPS) is 19.8. The summed E-state index contributed by atoms with van der Waals surface area (Å²) < 4.78 is 11.1. The molecule has 2 amide bonds.